The molecule has 1 aliphatic heterocycles. The van der Waals surface area contributed by atoms with Gasteiger partial charge in [0.1, 0.15) is 23.7 Å². The topological polar surface area (TPSA) is 75.8 Å². The van der Waals surface area contributed by atoms with Gasteiger partial charge in [-0.05, 0) is 39.8 Å². The fraction of sp³-hybridized carbons (Fsp3) is 0.320. The summed E-state index contributed by atoms with van der Waals surface area (Å²) in [6, 6.07) is 6.26. The number of aryl methyl sites for hydroxylation is 1. The largest absolute Gasteiger partial charge is 0.486 e. The molecule has 0 amide bonds. The van der Waals surface area contributed by atoms with Gasteiger partial charge in [-0.25, -0.2) is 23.7 Å². The Morgan fingerprint density at radius 1 is 1.18 bits per heavy atom. The molecule has 0 fully saturated rings. The van der Waals surface area contributed by atoms with Gasteiger partial charge in [-0.3, -0.25) is 0 Å². The quantitative estimate of drug-likeness (QED) is 0.482. The van der Waals surface area contributed by atoms with Crippen molar-refractivity contribution in [2.45, 2.75) is 45.9 Å². The van der Waals surface area contributed by atoms with Crippen LogP contribution >= 0.6 is 0 Å². The van der Waals surface area contributed by atoms with Gasteiger partial charge in [-0.1, -0.05) is 6.07 Å². The number of halogens is 2. The van der Waals surface area contributed by atoms with Crippen LogP contribution in [0.1, 0.15) is 38.0 Å². The number of para-hydroxylation sites is 1. The molecule has 3 aromatic heterocycles. The molecule has 0 saturated heterocycles. The Balaban J connectivity index is 1.57. The fourth-order valence-electron chi connectivity index (χ4n) is 4.22. The summed E-state index contributed by atoms with van der Waals surface area (Å²) >= 11 is 0. The van der Waals surface area contributed by atoms with Gasteiger partial charge in [-0.2, -0.15) is 0 Å². The highest BCUT2D eigenvalue weighted by Crippen LogP contribution is 2.37. The number of aliphatic hydroxyl groups is 1. The van der Waals surface area contributed by atoms with Gasteiger partial charge in [0, 0.05) is 35.8 Å². The third-order valence-corrected chi connectivity index (χ3v) is 6.10. The number of aromatic nitrogens is 4. The second-order valence-corrected chi connectivity index (χ2v) is 9.14. The van der Waals surface area contributed by atoms with Gasteiger partial charge in [0.15, 0.2) is 17.4 Å². The number of nitrogens with zero attached hydrogens (tertiary/aromatic N) is 5. The second kappa shape index (κ2) is 8.02. The summed E-state index contributed by atoms with van der Waals surface area (Å²) in [7, 11) is 0. The molecule has 0 radical (unpaired) electrons. The highest BCUT2D eigenvalue weighted by Gasteiger charge is 2.28. The van der Waals surface area contributed by atoms with Crippen molar-refractivity contribution in [1.29, 1.82) is 0 Å². The fourth-order valence-corrected chi connectivity index (χ4v) is 4.22. The Bertz CT molecular complexity index is 1380. The van der Waals surface area contributed by atoms with Crippen LogP contribution in [-0.4, -0.2) is 37.1 Å². The molecule has 9 heteroatoms. The average Bonchev–Trinajstić information content (AvgIpc) is 3.08. The predicted octanol–water partition coefficient (Wildman–Crippen LogP) is 4.39. The van der Waals surface area contributed by atoms with Crippen LogP contribution in [0.25, 0.3) is 16.8 Å². The van der Waals surface area contributed by atoms with E-state index >= 15 is 4.39 Å². The van der Waals surface area contributed by atoms with Crippen molar-refractivity contribution in [2.24, 2.45) is 0 Å². The van der Waals surface area contributed by atoms with Gasteiger partial charge in [0.05, 0.1) is 29.7 Å². The number of fused-ring (bicyclic) bond motifs is 2. The number of imidazole rings is 1. The minimum atomic E-state index is -1.19. The lowest BCUT2D eigenvalue weighted by molar-refractivity contribution is 0.0687. The molecule has 4 heterocycles. The minimum Gasteiger partial charge on any atom is -0.486 e. The summed E-state index contributed by atoms with van der Waals surface area (Å²) in [6.07, 6.45) is 4.67. The molecule has 1 unspecified atom stereocenters. The number of ether oxygens (including phenoxy) is 1. The first-order valence-corrected chi connectivity index (χ1v) is 11.0. The molecule has 0 saturated carbocycles. The van der Waals surface area contributed by atoms with Crippen LogP contribution in [0.3, 0.4) is 0 Å². The van der Waals surface area contributed by atoms with Crippen LogP contribution in [-0.2, 0) is 12.1 Å². The Labute approximate surface area is 195 Å². The number of rotatable bonds is 4. The van der Waals surface area contributed by atoms with Gasteiger partial charge in [-0.15, -0.1) is 0 Å². The van der Waals surface area contributed by atoms with E-state index in [-0.39, 0.29) is 17.6 Å². The van der Waals surface area contributed by atoms with E-state index in [9.17, 15) is 9.50 Å². The van der Waals surface area contributed by atoms with Crippen molar-refractivity contribution < 1.29 is 18.6 Å². The molecule has 1 aliphatic rings. The third kappa shape index (κ3) is 3.75. The van der Waals surface area contributed by atoms with Crippen LogP contribution in [0.5, 0.6) is 5.75 Å². The molecule has 34 heavy (non-hydrogen) atoms. The number of benzene rings is 1. The second-order valence-electron chi connectivity index (χ2n) is 9.14. The highest BCUT2D eigenvalue weighted by molar-refractivity contribution is 5.65. The van der Waals surface area contributed by atoms with Gasteiger partial charge < -0.3 is 19.1 Å². The van der Waals surface area contributed by atoms with Crippen molar-refractivity contribution >= 4 is 11.3 Å². The minimum absolute atomic E-state index is 0.00180. The zero-order valence-electron chi connectivity index (χ0n) is 19.4. The standard InChI is InChI=1S/C25H25F2N5O2/c1-14-13-34-23-18(26)6-5-7-20(23)31(14)12-21-15(2)30-22-8-19(27)17(11-32(21)22)16-9-28-24(29-10-16)25(3,4)33/h5-11,14,33H,12-13H2,1-4H3. The van der Waals surface area contributed by atoms with Crippen molar-refractivity contribution in [2.75, 3.05) is 11.5 Å². The van der Waals surface area contributed by atoms with E-state index in [1.807, 2.05) is 24.3 Å². The van der Waals surface area contributed by atoms with Crippen LogP contribution in [0, 0.1) is 18.6 Å². The first kappa shape index (κ1) is 22.2. The third-order valence-electron chi connectivity index (χ3n) is 6.10. The molecule has 0 aliphatic carbocycles. The van der Waals surface area contributed by atoms with E-state index in [0.717, 1.165) is 11.4 Å². The van der Waals surface area contributed by atoms with Crippen LogP contribution < -0.4 is 9.64 Å². The van der Waals surface area contributed by atoms with Crippen molar-refractivity contribution in [3.63, 3.8) is 0 Å². The average molecular weight is 466 g/mol. The van der Waals surface area contributed by atoms with Crippen LogP contribution in [0.15, 0.2) is 42.9 Å². The van der Waals surface area contributed by atoms with E-state index in [4.69, 9.17) is 4.74 Å². The van der Waals surface area contributed by atoms with Crippen LogP contribution in [0.2, 0.25) is 0 Å². The van der Waals surface area contributed by atoms with Gasteiger partial charge in [0.2, 0.25) is 0 Å². The predicted molar refractivity (Wildman–Crippen MR) is 124 cm³/mol. The Morgan fingerprint density at radius 2 is 1.91 bits per heavy atom. The van der Waals surface area contributed by atoms with Gasteiger partial charge >= 0.3 is 0 Å². The lowest BCUT2D eigenvalue weighted by Gasteiger charge is -2.36. The maximum absolute atomic E-state index is 15.0. The first-order valence-electron chi connectivity index (χ1n) is 11.0. The summed E-state index contributed by atoms with van der Waals surface area (Å²) in [5.74, 6) is -0.356. The maximum atomic E-state index is 15.0. The number of pyridine rings is 1. The molecule has 7 nitrogen and oxygen atoms in total. The lowest BCUT2D eigenvalue weighted by Crippen LogP contribution is -2.41. The van der Waals surface area contributed by atoms with Crippen molar-refractivity contribution in [3.8, 4) is 16.9 Å². The summed E-state index contributed by atoms with van der Waals surface area (Å²) < 4.78 is 36.8. The smallest absolute Gasteiger partial charge is 0.178 e. The van der Waals surface area contributed by atoms with E-state index in [1.54, 1.807) is 26.1 Å². The molecule has 0 bridgehead atoms. The molecular formula is C25H25F2N5O2. The molecule has 1 aromatic carbocycles. The summed E-state index contributed by atoms with van der Waals surface area (Å²) in [5.41, 5.74) is 2.36. The summed E-state index contributed by atoms with van der Waals surface area (Å²) in [4.78, 5) is 15.0. The Hall–Kier alpha value is -3.59. The number of hydrogen-bond donors (Lipinski definition) is 1. The highest BCUT2D eigenvalue weighted by atomic mass is 19.1. The SMILES string of the molecule is Cc1nc2cc(F)c(-c3cnc(C(C)(C)O)nc3)cn2c1CN1c2cccc(F)c2OCC1C. The summed E-state index contributed by atoms with van der Waals surface area (Å²) in [6.45, 7) is 7.86. The van der Waals surface area contributed by atoms with Crippen LogP contribution in [0.4, 0.5) is 14.5 Å². The van der Waals surface area contributed by atoms with Crippen molar-refractivity contribution in [1.82, 2.24) is 19.4 Å². The Morgan fingerprint density at radius 3 is 2.62 bits per heavy atom. The van der Waals surface area contributed by atoms with E-state index in [1.165, 1.54) is 24.5 Å². The van der Waals surface area contributed by atoms with Gasteiger partial charge in [0.25, 0.3) is 0 Å². The normalized spacial score (nSPS) is 16.0. The molecule has 0 spiro atoms. The first-order chi connectivity index (χ1) is 16.1. The zero-order chi connectivity index (χ0) is 24.2. The maximum Gasteiger partial charge on any atom is 0.178 e. The molecule has 176 valence electrons. The van der Waals surface area contributed by atoms with E-state index < -0.39 is 17.2 Å². The summed E-state index contributed by atoms with van der Waals surface area (Å²) in [5, 5.41) is 10.1. The van der Waals surface area contributed by atoms with Crippen molar-refractivity contribution in [3.05, 3.63) is 71.7 Å². The monoisotopic (exact) mass is 465 g/mol. The van der Waals surface area contributed by atoms with E-state index in [2.05, 4.69) is 19.9 Å². The molecule has 5 rings (SSSR count). The lowest BCUT2D eigenvalue weighted by atomic mass is 10.1. The molecule has 1 atom stereocenters. The molecular weight excluding hydrogens is 440 g/mol. The molecule has 1 N–H and O–H groups in total. The molecule has 4 aromatic rings. The number of hydrogen-bond acceptors (Lipinski definition) is 6. The Kier molecular flexibility index (Phi) is 5.24. The van der Waals surface area contributed by atoms with E-state index in [0.29, 0.717) is 35.6 Å². The zero-order valence-corrected chi connectivity index (χ0v) is 19.4. The number of anilines is 1.